The van der Waals surface area contributed by atoms with E-state index in [0.29, 0.717) is 11.1 Å². The molecule has 0 unspecified atom stereocenters. The molecule has 2 aromatic carbocycles. The first kappa shape index (κ1) is 36.4. The predicted octanol–water partition coefficient (Wildman–Crippen LogP) is 4.86. The Morgan fingerprint density at radius 3 is 1.84 bits per heavy atom. The monoisotopic (exact) mass is 627 g/mol. The van der Waals surface area contributed by atoms with E-state index < -0.39 is 86.4 Å². The van der Waals surface area contributed by atoms with E-state index in [2.05, 4.69) is 14.8 Å². The number of nitrogens with one attached hydrogen (secondary N) is 1. The van der Waals surface area contributed by atoms with Crippen molar-refractivity contribution in [3.63, 3.8) is 0 Å². The normalized spacial score (nSPS) is 13.7. The van der Waals surface area contributed by atoms with Crippen LogP contribution in [0.1, 0.15) is 44.7 Å². The highest BCUT2D eigenvalue weighted by Crippen LogP contribution is 2.19. The summed E-state index contributed by atoms with van der Waals surface area (Å²) >= 11 is 0. The van der Waals surface area contributed by atoms with Gasteiger partial charge < -0.3 is 24.3 Å². The maximum absolute atomic E-state index is 13.4. The van der Waals surface area contributed by atoms with Crippen LogP contribution in [-0.4, -0.2) is 61.7 Å². The molecule has 1 N–H and O–H groups in total. The Morgan fingerprint density at radius 2 is 1.30 bits per heavy atom. The standard InChI is InChI=1S/C31H37F4NO8/c1-31(2,3)44-26(38)16-22(14-20-10-6-4-7-11-20)27(39)36-24(19-43-30(34)35)25(37)15-23(18-42-29(32)33)28(40)41-17-21-12-8-5-9-13-21/h4-13,22-24,29-30H,14-19H2,1-3H3,(H,36,39)/t22-,23+,24+/m1/s1. The minimum atomic E-state index is -3.31. The molecule has 0 fully saturated rings. The van der Waals surface area contributed by atoms with Gasteiger partial charge in [-0.25, -0.2) is 0 Å². The zero-order chi connectivity index (χ0) is 32.7. The highest BCUT2D eigenvalue weighted by atomic mass is 19.3. The fourth-order valence-corrected chi connectivity index (χ4v) is 4.05. The zero-order valence-corrected chi connectivity index (χ0v) is 24.7. The molecule has 0 saturated heterocycles. The lowest BCUT2D eigenvalue weighted by Gasteiger charge is -2.25. The molecule has 2 rings (SSSR count). The summed E-state index contributed by atoms with van der Waals surface area (Å²) in [6.45, 7) is -3.76. The first-order valence-corrected chi connectivity index (χ1v) is 13.8. The molecule has 0 bridgehead atoms. The molecule has 9 nitrogen and oxygen atoms in total. The number of hydrogen-bond donors (Lipinski definition) is 1. The summed E-state index contributed by atoms with van der Waals surface area (Å²) < 4.78 is 70.5. The van der Waals surface area contributed by atoms with E-state index in [1.807, 2.05) is 0 Å². The van der Waals surface area contributed by atoms with Gasteiger partial charge in [-0.15, -0.1) is 0 Å². The fourth-order valence-electron chi connectivity index (χ4n) is 4.05. The van der Waals surface area contributed by atoms with Crippen LogP contribution < -0.4 is 5.32 Å². The molecule has 44 heavy (non-hydrogen) atoms. The van der Waals surface area contributed by atoms with E-state index in [4.69, 9.17) is 9.47 Å². The van der Waals surface area contributed by atoms with Crippen molar-refractivity contribution in [3.05, 3.63) is 71.8 Å². The van der Waals surface area contributed by atoms with Crippen molar-refractivity contribution in [3.8, 4) is 0 Å². The lowest BCUT2D eigenvalue weighted by Crippen LogP contribution is -2.48. The van der Waals surface area contributed by atoms with Gasteiger partial charge in [0.2, 0.25) is 5.91 Å². The number of carbonyl (C=O) groups is 4. The second-order valence-electron chi connectivity index (χ2n) is 10.9. The van der Waals surface area contributed by atoms with Crippen LogP contribution in [0.4, 0.5) is 17.6 Å². The average molecular weight is 628 g/mol. The van der Waals surface area contributed by atoms with Crippen LogP contribution in [0.2, 0.25) is 0 Å². The highest BCUT2D eigenvalue weighted by Gasteiger charge is 2.33. The van der Waals surface area contributed by atoms with Crippen LogP contribution in [0, 0.1) is 11.8 Å². The van der Waals surface area contributed by atoms with Crippen molar-refractivity contribution in [1.82, 2.24) is 5.32 Å². The quantitative estimate of drug-likeness (QED) is 0.184. The Labute approximate surface area is 253 Å². The molecule has 0 aromatic heterocycles. The van der Waals surface area contributed by atoms with Crippen molar-refractivity contribution in [2.24, 2.45) is 11.8 Å². The van der Waals surface area contributed by atoms with Crippen molar-refractivity contribution in [2.75, 3.05) is 13.2 Å². The third-order valence-electron chi connectivity index (χ3n) is 6.05. The summed E-state index contributed by atoms with van der Waals surface area (Å²) in [5.74, 6) is -6.20. The average Bonchev–Trinajstić information content (AvgIpc) is 2.95. The van der Waals surface area contributed by atoms with Crippen LogP contribution in [0.25, 0.3) is 0 Å². The summed E-state index contributed by atoms with van der Waals surface area (Å²) in [5.41, 5.74) is 0.415. The molecular weight excluding hydrogens is 590 g/mol. The summed E-state index contributed by atoms with van der Waals surface area (Å²) in [6, 6.07) is 15.3. The lowest BCUT2D eigenvalue weighted by molar-refractivity contribution is -0.167. The van der Waals surface area contributed by atoms with Crippen LogP contribution in [-0.2, 0) is 51.2 Å². The minimum Gasteiger partial charge on any atom is -0.461 e. The zero-order valence-electron chi connectivity index (χ0n) is 24.7. The Morgan fingerprint density at radius 1 is 0.750 bits per heavy atom. The van der Waals surface area contributed by atoms with Gasteiger partial charge in [-0.3, -0.25) is 19.2 Å². The number of Topliss-reactive ketones (excluding diaryl/α,β-unsaturated/α-hetero) is 1. The first-order valence-electron chi connectivity index (χ1n) is 13.8. The number of benzene rings is 2. The smallest absolute Gasteiger partial charge is 0.345 e. The van der Waals surface area contributed by atoms with E-state index in [-0.39, 0.29) is 13.0 Å². The largest absolute Gasteiger partial charge is 0.461 e. The molecule has 2 aromatic rings. The van der Waals surface area contributed by atoms with Crippen molar-refractivity contribution < 1.29 is 55.7 Å². The summed E-state index contributed by atoms with van der Waals surface area (Å²) in [4.78, 5) is 51.9. The molecule has 1 amide bonds. The molecule has 0 spiro atoms. The number of ketones is 1. The third kappa shape index (κ3) is 14.6. The molecule has 0 radical (unpaired) electrons. The van der Waals surface area contributed by atoms with E-state index in [1.54, 1.807) is 81.4 Å². The van der Waals surface area contributed by atoms with E-state index >= 15 is 0 Å². The lowest BCUT2D eigenvalue weighted by atomic mass is 9.94. The second-order valence-corrected chi connectivity index (χ2v) is 10.9. The van der Waals surface area contributed by atoms with Crippen molar-refractivity contribution >= 4 is 23.6 Å². The maximum atomic E-state index is 13.4. The molecule has 0 aliphatic carbocycles. The number of hydrogen-bond acceptors (Lipinski definition) is 8. The maximum Gasteiger partial charge on any atom is 0.345 e. The van der Waals surface area contributed by atoms with Gasteiger partial charge in [0.15, 0.2) is 5.78 Å². The third-order valence-corrected chi connectivity index (χ3v) is 6.05. The van der Waals surface area contributed by atoms with Gasteiger partial charge in [-0.2, -0.15) is 17.6 Å². The molecule has 0 aliphatic rings. The fraction of sp³-hybridized carbons (Fsp3) is 0.484. The number of alkyl halides is 4. The molecular formula is C31H37F4NO8. The number of rotatable bonds is 18. The van der Waals surface area contributed by atoms with E-state index in [9.17, 15) is 36.7 Å². The SMILES string of the molecule is CC(C)(C)OC(=O)C[C@@H](Cc1ccccc1)C(=O)N[C@@H](COC(F)F)C(=O)C[C@@H](COC(F)F)C(=O)OCc1ccccc1. The summed E-state index contributed by atoms with van der Waals surface area (Å²) in [5, 5.41) is 2.33. The van der Waals surface area contributed by atoms with Gasteiger partial charge in [-0.05, 0) is 38.3 Å². The highest BCUT2D eigenvalue weighted by molar-refractivity contribution is 5.93. The van der Waals surface area contributed by atoms with Gasteiger partial charge >= 0.3 is 25.2 Å². The Bertz CT molecular complexity index is 1190. The number of amides is 1. The second kappa shape index (κ2) is 18.1. The van der Waals surface area contributed by atoms with E-state index in [1.165, 1.54) is 0 Å². The first-order chi connectivity index (χ1) is 20.7. The molecule has 13 heteroatoms. The van der Waals surface area contributed by atoms with Crippen LogP contribution in [0.3, 0.4) is 0 Å². The van der Waals surface area contributed by atoms with Gasteiger partial charge in [0.25, 0.3) is 0 Å². The van der Waals surface area contributed by atoms with Gasteiger partial charge in [0.05, 0.1) is 31.5 Å². The predicted molar refractivity (Wildman–Crippen MR) is 149 cm³/mol. The van der Waals surface area contributed by atoms with Crippen LogP contribution in [0.5, 0.6) is 0 Å². The van der Waals surface area contributed by atoms with Gasteiger partial charge in [0, 0.05) is 6.42 Å². The number of esters is 2. The van der Waals surface area contributed by atoms with Crippen molar-refractivity contribution in [2.45, 2.75) is 71.5 Å². The van der Waals surface area contributed by atoms with Crippen LogP contribution in [0.15, 0.2) is 60.7 Å². The Hall–Kier alpha value is -3.84. The molecule has 0 heterocycles. The molecule has 242 valence electrons. The molecule has 0 saturated carbocycles. The molecule has 3 atom stereocenters. The summed E-state index contributed by atoms with van der Waals surface area (Å²) in [7, 11) is 0. The Balaban J connectivity index is 2.22. The topological polar surface area (TPSA) is 117 Å². The Kier molecular flexibility index (Phi) is 14.9. The van der Waals surface area contributed by atoms with E-state index in [0.717, 1.165) is 0 Å². The van der Waals surface area contributed by atoms with Crippen LogP contribution >= 0.6 is 0 Å². The number of ether oxygens (including phenoxy) is 4. The summed E-state index contributed by atoms with van der Waals surface area (Å²) in [6.07, 6.45) is -1.15. The van der Waals surface area contributed by atoms with Crippen molar-refractivity contribution in [1.29, 1.82) is 0 Å². The minimum absolute atomic E-state index is 0.0409. The number of halogens is 4. The number of carbonyl (C=O) groups excluding carboxylic acids is 4. The van der Waals surface area contributed by atoms with Gasteiger partial charge in [0.1, 0.15) is 18.2 Å². The van der Waals surface area contributed by atoms with Gasteiger partial charge in [-0.1, -0.05) is 60.7 Å². The molecule has 0 aliphatic heterocycles.